The molecule has 0 aliphatic rings. The van der Waals surface area contributed by atoms with Crippen LogP contribution in [0.3, 0.4) is 0 Å². The summed E-state index contributed by atoms with van der Waals surface area (Å²) in [6, 6.07) is 0. The zero-order chi connectivity index (χ0) is 45.1. The van der Waals surface area contributed by atoms with E-state index in [1.165, 1.54) is 19.3 Å². The van der Waals surface area contributed by atoms with Crippen molar-refractivity contribution in [2.24, 2.45) is 0 Å². The molecule has 0 aromatic rings. The summed E-state index contributed by atoms with van der Waals surface area (Å²) in [6.45, 7) is 3.98. The Balaban J connectivity index is 4.68. The molecule has 0 rings (SSSR count). The summed E-state index contributed by atoms with van der Waals surface area (Å²) < 4.78 is 34.1. The molecule has 2 unspecified atom stereocenters. The fourth-order valence-corrected chi connectivity index (χ4v) is 5.79. The molecule has 10 nitrogen and oxygen atoms in total. The Morgan fingerprint density at radius 2 is 1.15 bits per heavy atom. The third kappa shape index (κ3) is 44.2. The standard InChI is InChI=1S/C50H80NO9P/c1-6-8-10-12-14-16-17-18-19-20-21-22-23-24-25-27-29-33-38-42-50(54)60-48(46-59-61(55,56)58-44-43-51(3,4)5)45-57-49(53)41-37-34-30-32-36-40-47(52)39-35-31-28-26-15-13-11-9-7-2/h8,10,14-16,18-19,21-22,24-26,29-33,35-36,40,47-48,52H,6-7,9,11-13,17,20,23,27-28,34,37-39,41-46H2,1-5H3/p+1/b10-8-,16-14-,19-18-,22-21-,25-24-,26-15-,32-30+,33-29-,35-31-,40-36-/t47?,48-/m1/s1. The van der Waals surface area contributed by atoms with Gasteiger partial charge in [-0.1, -0.05) is 148 Å². The first kappa shape index (κ1) is 57.4. The highest BCUT2D eigenvalue weighted by Gasteiger charge is 2.27. The first-order valence-corrected chi connectivity index (χ1v) is 23.9. The maximum absolute atomic E-state index is 12.7. The Morgan fingerprint density at radius 3 is 1.72 bits per heavy atom. The molecule has 0 aromatic carbocycles. The first-order valence-electron chi connectivity index (χ1n) is 22.4. The van der Waals surface area contributed by atoms with Gasteiger partial charge in [0, 0.05) is 12.8 Å². The zero-order valence-electron chi connectivity index (χ0n) is 38.2. The number of nitrogens with zero attached hydrogens (tertiary/aromatic N) is 1. The van der Waals surface area contributed by atoms with Gasteiger partial charge in [0.2, 0.25) is 0 Å². The summed E-state index contributed by atoms with van der Waals surface area (Å²) in [7, 11) is 1.33. The maximum atomic E-state index is 12.7. The van der Waals surface area contributed by atoms with Gasteiger partial charge in [0.25, 0.3) is 0 Å². The third-order valence-corrected chi connectivity index (χ3v) is 9.55. The van der Waals surface area contributed by atoms with E-state index in [2.05, 4.69) is 92.8 Å². The number of ether oxygens (including phenoxy) is 2. The molecule has 0 spiro atoms. The molecule has 0 fully saturated rings. The molecule has 61 heavy (non-hydrogen) atoms. The van der Waals surface area contributed by atoms with Gasteiger partial charge in [-0.05, 0) is 83.5 Å². The number of aliphatic hydroxyl groups excluding tert-OH is 1. The zero-order valence-corrected chi connectivity index (χ0v) is 39.1. The van der Waals surface area contributed by atoms with Crippen LogP contribution in [0.15, 0.2) is 122 Å². The molecule has 0 aliphatic heterocycles. The van der Waals surface area contributed by atoms with E-state index in [0.29, 0.717) is 36.7 Å². The molecule has 0 heterocycles. The van der Waals surface area contributed by atoms with Gasteiger partial charge < -0.3 is 24.0 Å². The van der Waals surface area contributed by atoms with Crippen LogP contribution in [-0.2, 0) is 32.7 Å². The van der Waals surface area contributed by atoms with Gasteiger partial charge in [0.15, 0.2) is 6.10 Å². The minimum atomic E-state index is -4.44. The molecule has 3 atom stereocenters. The number of esters is 2. The second-order valence-electron chi connectivity index (χ2n) is 15.5. The van der Waals surface area contributed by atoms with Crippen molar-refractivity contribution in [3.05, 3.63) is 122 Å². The number of likely N-dealkylation sites (N-methyl/N-ethyl adjacent to an activating group) is 1. The van der Waals surface area contributed by atoms with Crippen molar-refractivity contribution in [1.29, 1.82) is 0 Å². The number of quaternary nitrogens is 1. The van der Waals surface area contributed by atoms with Gasteiger partial charge >= 0.3 is 19.8 Å². The minimum Gasteiger partial charge on any atom is -0.462 e. The predicted molar refractivity (Wildman–Crippen MR) is 253 cm³/mol. The van der Waals surface area contributed by atoms with E-state index in [1.807, 2.05) is 51.5 Å². The third-order valence-electron chi connectivity index (χ3n) is 8.57. The highest BCUT2D eigenvalue weighted by molar-refractivity contribution is 7.47. The van der Waals surface area contributed by atoms with Gasteiger partial charge in [-0.25, -0.2) is 4.57 Å². The smallest absolute Gasteiger partial charge is 0.462 e. The predicted octanol–water partition coefficient (Wildman–Crippen LogP) is 11.9. The highest BCUT2D eigenvalue weighted by Crippen LogP contribution is 2.43. The average molecular weight is 871 g/mol. The number of unbranched alkanes of at least 4 members (excludes halogenated alkanes) is 4. The minimum absolute atomic E-state index is 0.0117. The van der Waals surface area contributed by atoms with Crippen LogP contribution < -0.4 is 0 Å². The summed E-state index contributed by atoms with van der Waals surface area (Å²) in [6.07, 6.45) is 53.0. The normalized spacial score (nSPS) is 15.2. The topological polar surface area (TPSA) is 129 Å². The number of phosphoric acid groups is 1. The Labute approximate surface area is 370 Å². The molecule has 0 saturated heterocycles. The molecule has 0 saturated carbocycles. The number of carbonyl (C=O) groups excluding carboxylic acids is 2. The summed E-state index contributed by atoms with van der Waals surface area (Å²) in [4.78, 5) is 35.3. The summed E-state index contributed by atoms with van der Waals surface area (Å²) in [5.41, 5.74) is 0. The van der Waals surface area contributed by atoms with Crippen LogP contribution in [0.4, 0.5) is 0 Å². The van der Waals surface area contributed by atoms with Crippen LogP contribution >= 0.6 is 7.82 Å². The number of aliphatic hydroxyl groups is 1. The van der Waals surface area contributed by atoms with Crippen molar-refractivity contribution in [2.75, 3.05) is 47.5 Å². The van der Waals surface area contributed by atoms with Crippen molar-refractivity contribution >= 4 is 19.8 Å². The van der Waals surface area contributed by atoms with E-state index in [4.69, 9.17) is 18.5 Å². The summed E-state index contributed by atoms with van der Waals surface area (Å²) in [5, 5.41) is 10.1. The number of carbonyl (C=O) groups is 2. The van der Waals surface area contributed by atoms with Crippen LogP contribution in [0.25, 0.3) is 0 Å². The molecule has 0 aliphatic carbocycles. The second kappa shape index (κ2) is 40.4. The molecule has 0 bridgehead atoms. The molecule has 0 radical (unpaired) electrons. The fraction of sp³-hybridized carbons (Fsp3) is 0.560. The molecular formula is C50H81NO9P+. The fourth-order valence-electron chi connectivity index (χ4n) is 5.05. The lowest BCUT2D eigenvalue weighted by molar-refractivity contribution is -0.870. The quantitative estimate of drug-likeness (QED) is 0.0156. The SMILES string of the molecule is CC/C=C\C/C=C\C/C=C\C/C=C\C/C=C\C/C=C\CCC(=O)O[C@H](COC(=O)CCC/C=C/C=C\C(O)C/C=C\C/C=C\CCCCC)COP(=O)(O)OCC[N+](C)(C)C. The molecule has 0 amide bonds. The van der Waals surface area contributed by atoms with Gasteiger partial charge in [0.1, 0.15) is 19.8 Å². The number of rotatable bonds is 38. The molecule has 2 N–H and O–H groups in total. The van der Waals surface area contributed by atoms with Crippen molar-refractivity contribution in [3.8, 4) is 0 Å². The second-order valence-corrected chi connectivity index (χ2v) is 17.0. The number of hydrogen-bond acceptors (Lipinski definition) is 8. The van der Waals surface area contributed by atoms with Crippen LogP contribution in [0.1, 0.15) is 123 Å². The largest absolute Gasteiger partial charge is 0.472 e. The van der Waals surface area contributed by atoms with Crippen LogP contribution in [-0.4, -0.2) is 86.1 Å². The van der Waals surface area contributed by atoms with Crippen molar-refractivity contribution in [1.82, 2.24) is 0 Å². The average Bonchev–Trinajstić information content (AvgIpc) is 3.21. The first-order chi connectivity index (χ1) is 29.4. The lowest BCUT2D eigenvalue weighted by atomic mass is 10.2. The van der Waals surface area contributed by atoms with E-state index in [9.17, 15) is 24.2 Å². The molecule has 344 valence electrons. The Kier molecular flexibility index (Phi) is 38.0. The van der Waals surface area contributed by atoms with Gasteiger partial charge in [-0.3, -0.25) is 18.6 Å². The van der Waals surface area contributed by atoms with Crippen molar-refractivity contribution in [2.45, 2.75) is 135 Å². The van der Waals surface area contributed by atoms with Crippen molar-refractivity contribution in [3.63, 3.8) is 0 Å². The van der Waals surface area contributed by atoms with Crippen LogP contribution in [0.2, 0.25) is 0 Å². The van der Waals surface area contributed by atoms with E-state index in [-0.39, 0.29) is 26.1 Å². The number of hydrogen-bond donors (Lipinski definition) is 2. The number of allylic oxidation sites excluding steroid dienone is 18. The van der Waals surface area contributed by atoms with Gasteiger partial charge in [-0.15, -0.1) is 0 Å². The van der Waals surface area contributed by atoms with Crippen LogP contribution in [0, 0.1) is 0 Å². The Morgan fingerprint density at radius 1 is 0.607 bits per heavy atom. The Hall–Kier alpha value is -3.63. The summed E-state index contributed by atoms with van der Waals surface area (Å²) in [5.74, 6) is -1.04. The van der Waals surface area contributed by atoms with Gasteiger partial charge in [0.05, 0.1) is 33.9 Å². The highest BCUT2D eigenvalue weighted by atomic mass is 31.2. The maximum Gasteiger partial charge on any atom is 0.472 e. The lowest BCUT2D eigenvalue weighted by Crippen LogP contribution is -2.37. The number of phosphoric ester groups is 1. The molecule has 11 heteroatoms. The van der Waals surface area contributed by atoms with E-state index in [1.54, 1.807) is 12.2 Å². The summed E-state index contributed by atoms with van der Waals surface area (Å²) >= 11 is 0. The van der Waals surface area contributed by atoms with Crippen LogP contribution in [0.5, 0.6) is 0 Å². The van der Waals surface area contributed by atoms with E-state index >= 15 is 0 Å². The Bertz CT molecular complexity index is 1460. The molecular weight excluding hydrogens is 790 g/mol. The van der Waals surface area contributed by atoms with E-state index < -0.39 is 38.6 Å². The van der Waals surface area contributed by atoms with Crippen molar-refractivity contribution < 1.29 is 47.2 Å². The van der Waals surface area contributed by atoms with Gasteiger partial charge in [-0.2, -0.15) is 0 Å². The molecule has 0 aromatic heterocycles. The monoisotopic (exact) mass is 871 g/mol. The lowest BCUT2D eigenvalue weighted by Gasteiger charge is -2.24. The van der Waals surface area contributed by atoms with E-state index in [0.717, 1.165) is 51.4 Å².